The average Bonchev–Trinajstić information content (AvgIpc) is 2.29. The van der Waals surface area contributed by atoms with Gasteiger partial charge in [-0.05, 0) is 37.6 Å². The fourth-order valence-corrected chi connectivity index (χ4v) is 1.80. The van der Waals surface area contributed by atoms with Gasteiger partial charge in [-0.15, -0.1) is 0 Å². The maximum Gasteiger partial charge on any atom is 0.171 e. The minimum absolute atomic E-state index is 0.00148. The van der Waals surface area contributed by atoms with E-state index in [1.54, 1.807) is 14.2 Å². The highest BCUT2D eigenvalue weighted by atomic mass is 19.1. The number of hydrogen-bond acceptors (Lipinski definition) is 3. The topological polar surface area (TPSA) is 30.5 Å². The Morgan fingerprint density at radius 3 is 2.17 bits per heavy atom. The molecule has 0 saturated carbocycles. The van der Waals surface area contributed by atoms with Crippen molar-refractivity contribution in [3.8, 4) is 0 Å². The Hall–Kier alpha value is -1.04. The second-order valence-electron chi connectivity index (χ2n) is 4.11. The molecule has 0 fully saturated rings. The number of nitrogens with one attached hydrogen (secondary N) is 1. The summed E-state index contributed by atoms with van der Waals surface area (Å²) < 4.78 is 36.1. The van der Waals surface area contributed by atoms with Crippen molar-refractivity contribution in [1.82, 2.24) is 5.32 Å². The second kappa shape index (κ2) is 7.41. The van der Waals surface area contributed by atoms with Crippen molar-refractivity contribution >= 4 is 0 Å². The lowest BCUT2D eigenvalue weighted by atomic mass is 10.1. The summed E-state index contributed by atoms with van der Waals surface area (Å²) in [5, 5.41) is 3.18. The zero-order chi connectivity index (χ0) is 13.5. The van der Waals surface area contributed by atoms with Crippen LogP contribution in [0.3, 0.4) is 0 Å². The molecule has 1 aromatic rings. The van der Waals surface area contributed by atoms with Gasteiger partial charge in [0.2, 0.25) is 0 Å². The zero-order valence-electron chi connectivity index (χ0n) is 10.9. The molecule has 0 aromatic heterocycles. The Morgan fingerprint density at radius 1 is 1.11 bits per heavy atom. The largest absolute Gasteiger partial charge is 0.354 e. The van der Waals surface area contributed by atoms with Crippen LogP contribution < -0.4 is 5.32 Å². The van der Waals surface area contributed by atoms with Crippen LogP contribution in [0.1, 0.15) is 12.5 Å². The molecular formula is C13H19F2NO2. The number of hydrogen-bond donors (Lipinski definition) is 1. The first-order valence-electron chi connectivity index (χ1n) is 5.80. The van der Waals surface area contributed by atoms with Crippen LogP contribution in [-0.2, 0) is 15.9 Å². The van der Waals surface area contributed by atoms with Gasteiger partial charge in [0, 0.05) is 20.3 Å². The summed E-state index contributed by atoms with van der Waals surface area (Å²) in [5.41, 5.74) is 0.624. The Balaban J connectivity index is 2.41. The molecule has 102 valence electrons. The third-order valence-corrected chi connectivity index (χ3v) is 2.68. The summed E-state index contributed by atoms with van der Waals surface area (Å²) in [5.74, 6) is -1.10. The van der Waals surface area contributed by atoms with E-state index in [-0.39, 0.29) is 12.3 Å². The van der Waals surface area contributed by atoms with Crippen molar-refractivity contribution in [2.24, 2.45) is 0 Å². The maximum absolute atomic E-state index is 13.0. The predicted molar refractivity (Wildman–Crippen MR) is 65.3 cm³/mol. The first-order valence-corrected chi connectivity index (χ1v) is 5.80. The van der Waals surface area contributed by atoms with E-state index in [1.807, 2.05) is 6.92 Å². The second-order valence-corrected chi connectivity index (χ2v) is 4.11. The van der Waals surface area contributed by atoms with Crippen molar-refractivity contribution in [1.29, 1.82) is 0 Å². The molecule has 1 atom stereocenters. The molecule has 0 bridgehead atoms. The maximum atomic E-state index is 13.0. The van der Waals surface area contributed by atoms with Gasteiger partial charge in [0.1, 0.15) is 11.6 Å². The molecule has 0 amide bonds. The Morgan fingerprint density at radius 2 is 1.67 bits per heavy atom. The van der Waals surface area contributed by atoms with Crippen LogP contribution in [0.15, 0.2) is 18.2 Å². The lowest BCUT2D eigenvalue weighted by Crippen LogP contribution is -2.40. The fraction of sp³-hybridized carbons (Fsp3) is 0.538. The van der Waals surface area contributed by atoms with E-state index in [4.69, 9.17) is 9.47 Å². The van der Waals surface area contributed by atoms with E-state index in [0.29, 0.717) is 18.5 Å². The molecule has 18 heavy (non-hydrogen) atoms. The van der Waals surface area contributed by atoms with Crippen molar-refractivity contribution in [3.63, 3.8) is 0 Å². The van der Waals surface area contributed by atoms with Crippen LogP contribution in [0.5, 0.6) is 0 Å². The summed E-state index contributed by atoms with van der Waals surface area (Å²) in [4.78, 5) is 0. The molecule has 0 aliphatic heterocycles. The third kappa shape index (κ3) is 4.68. The monoisotopic (exact) mass is 259 g/mol. The van der Waals surface area contributed by atoms with Gasteiger partial charge in [-0.1, -0.05) is 0 Å². The highest BCUT2D eigenvalue weighted by Crippen LogP contribution is 2.08. The van der Waals surface area contributed by atoms with Crippen molar-refractivity contribution in [3.05, 3.63) is 35.4 Å². The van der Waals surface area contributed by atoms with Crippen molar-refractivity contribution in [2.45, 2.75) is 25.7 Å². The van der Waals surface area contributed by atoms with E-state index in [2.05, 4.69) is 5.32 Å². The molecule has 0 spiro atoms. The van der Waals surface area contributed by atoms with Crippen LogP contribution in [0.25, 0.3) is 0 Å². The molecule has 0 radical (unpaired) electrons. The minimum atomic E-state index is -0.551. The number of halogens is 2. The first-order chi connectivity index (χ1) is 8.56. The Bertz CT molecular complexity index is 350. The van der Waals surface area contributed by atoms with E-state index >= 15 is 0 Å². The van der Waals surface area contributed by atoms with Crippen LogP contribution in [0.2, 0.25) is 0 Å². The number of benzene rings is 1. The molecule has 0 saturated heterocycles. The van der Waals surface area contributed by atoms with Gasteiger partial charge in [-0.25, -0.2) is 8.78 Å². The molecule has 1 N–H and O–H groups in total. The van der Waals surface area contributed by atoms with Gasteiger partial charge in [0.15, 0.2) is 6.29 Å². The molecule has 1 aromatic carbocycles. The lowest BCUT2D eigenvalue weighted by molar-refractivity contribution is -0.119. The first kappa shape index (κ1) is 15.0. The van der Waals surface area contributed by atoms with Gasteiger partial charge < -0.3 is 14.8 Å². The highest BCUT2D eigenvalue weighted by molar-refractivity contribution is 5.18. The van der Waals surface area contributed by atoms with E-state index in [0.717, 1.165) is 6.07 Å². The van der Waals surface area contributed by atoms with Crippen molar-refractivity contribution in [2.75, 3.05) is 20.8 Å². The minimum Gasteiger partial charge on any atom is -0.354 e. The van der Waals surface area contributed by atoms with Gasteiger partial charge in [-0.2, -0.15) is 0 Å². The molecule has 0 aliphatic carbocycles. The molecule has 5 heteroatoms. The van der Waals surface area contributed by atoms with Gasteiger partial charge in [-0.3, -0.25) is 0 Å². The Kier molecular flexibility index (Phi) is 6.18. The lowest BCUT2D eigenvalue weighted by Gasteiger charge is -2.22. The highest BCUT2D eigenvalue weighted by Gasteiger charge is 2.14. The predicted octanol–water partition coefficient (Wildman–Crippen LogP) is 2.10. The summed E-state index contributed by atoms with van der Waals surface area (Å²) in [6, 6.07) is 3.53. The average molecular weight is 259 g/mol. The standard InChI is InChI=1S/C13H19F2NO2/c1-9(13(17-2)18-3)16-5-4-10-6-11(14)8-12(15)7-10/h6-9,13,16H,4-5H2,1-3H3. The number of rotatable bonds is 7. The molecule has 0 aliphatic rings. The SMILES string of the molecule is COC(OC)C(C)NCCc1cc(F)cc(F)c1. The summed E-state index contributed by atoms with van der Waals surface area (Å²) >= 11 is 0. The van der Waals surface area contributed by atoms with E-state index < -0.39 is 11.6 Å². The van der Waals surface area contributed by atoms with Gasteiger partial charge in [0.25, 0.3) is 0 Å². The Labute approximate surface area is 106 Å². The summed E-state index contributed by atoms with van der Waals surface area (Å²) in [6.07, 6.45) is 0.202. The molecule has 0 heterocycles. The zero-order valence-corrected chi connectivity index (χ0v) is 10.9. The summed E-state index contributed by atoms with van der Waals surface area (Å²) in [6.45, 7) is 2.51. The van der Waals surface area contributed by atoms with Gasteiger partial charge >= 0.3 is 0 Å². The number of methoxy groups -OCH3 is 2. The summed E-state index contributed by atoms with van der Waals surface area (Å²) in [7, 11) is 3.13. The molecule has 1 unspecified atom stereocenters. The van der Waals surface area contributed by atoms with Crippen LogP contribution >= 0.6 is 0 Å². The van der Waals surface area contributed by atoms with Crippen molar-refractivity contribution < 1.29 is 18.3 Å². The smallest absolute Gasteiger partial charge is 0.171 e. The van der Waals surface area contributed by atoms with Gasteiger partial charge in [0.05, 0.1) is 6.04 Å². The van der Waals surface area contributed by atoms with E-state index in [1.165, 1.54) is 12.1 Å². The molecule has 1 rings (SSSR count). The number of ether oxygens (including phenoxy) is 2. The quantitative estimate of drug-likeness (QED) is 0.761. The normalized spacial score (nSPS) is 13.0. The van der Waals surface area contributed by atoms with Crippen LogP contribution in [-0.4, -0.2) is 33.1 Å². The van der Waals surface area contributed by atoms with Crippen LogP contribution in [0, 0.1) is 11.6 Å². The molecular weight excluding hydrogens is 240 g/mol. The third-order valence-electron chi connectivity index (χ3n) is 2.68. The van der Waals surface area contributed by atoms with E-state index in [9.17, 15) is 8.78 Å². The fourth-order valence-electron chi connectivity index (χ4n) is 1.80. The molecule has 3 nitrogen and oxygen atoms in total. The van der Waals surface area contributed by atoms with Crippen LogP contribution in [0.4, 0.5) is 8.78 Å².